The zero-order chi connectivity index (χ0) is 20.9. The lowest BCUT2D eigenvalue weighted by atomic mass is 9.48. The summed E-state index contributed by atoms with van der Waals surface area (Å²) in [7, 11) is 1.60. The third kappa shape index (κ3) is 3.17. The third-order valence-corrected chi connectivity index (χ3v) is 7.96. The normalized spacial score (nSPS) is 30.3. The number of nitrogens with zero attached hydrogens (tertiary/aromatic N) is 3. The summed E-state index contributed by atoms with van der Waals surface area (Å²) in [4.78, 5) is 35.8. The summed E-state index contributed by atoms with van der Waals surface area (Å²) in [5.74, 6) is 0.165. The highest BCUT2D eigenvalue weighted by Crippen LogP contribution is 2.58. The molecule has 1 amide bonds. The van der Waals surface area contributed by atoms with Gasteiger partial charge in [-0.25, -0.2) is 4.98 Å². The Labute approximate surface area is 177 Å². The van der Waals surface area contributed by atoms with E-state index < -0.39 is 11.4 Å². The third-order valence-electron chi connectivity index (χ3n) is 6.91. The fraction of sp³-hybridized carbons (Fsp3) is 0.545. The van der Waals surface area contributed by atoms with E-state index in [9.17, 15) is 14.0 Å². The number of pyridine rings is 1. The van der Waals surface area contributed by atoms with Crippen molar-refractivity contribution >= 4 is 23.0 Å². The molecule has 2 heterocycles. The van der Waals surface area contributed by atoms with Gasteiger partial charge in [-0.15, -0.1) is 0 Å². The van der Waals surface area contributed by atoms with Crippen molar-refractivity contribution in [2.45, 2.75) is 38.6 Å². The summed E-state index contributed by atoms with van der Waals surface area (Å²) in [6.07, 6.45) is 7.44. The van der Waals surface area contributed by atoms with Crippen molar-refractivity contribution in [3.8, 4) is 10.4 Å². The Morgan fingerprint density at radius 3 is 2.83 bits per heavy atom. The first kappa shape index (κ1) is 19.8. The van der Waals surface area contributed by atoms with Gasteiger partial charge in [0.2, 0.25) is 5.95 Å². The number of rotatable bonds is 5. The van der Waals surface area contributed by atoms with Crippen LogP contribution in [0.5, 0.6) is 0 Å². The Bertz CT molecular complexity index is 1060. The van der Waals surface area contributed by atoms with Gasteiger partial charge < -0.3 is 9.30 Å². The predicted molar refractivity (Wildman–Crippen MR) is 109 cm³/mol. The number of carbonyl (C=O) groups excluding carboxylic acids is 2. The summed E-state index contributed by atoms with van der Waals surface area (Å²) >= 11 is 1.24. The lowest BCUT2D eigenvalue weighted by molar-refractivity contribution is -0.160. The number of halogens is 1. The molecule has 6 nitrogen and oxygen atoms in total. The standard InChI is InChI=1S/C22H24FN3O3S/c1-29-6-5-26-12-17(16-3-2-4-24-19(16)23)30-21(26)25-20(28)22-10-13-7-14(11-22)9-15(8-13)18(22)27/h2-4,12-15H,5-11H2,1H3/b25-21-. The van der Waals surface area contributed by atoms with Gasteiger partial charge in [0.25, 0.3) is 5.91 Å². The first-order chi connectivity index (χ1) is 14.5. The Morgan fingerprint density at radius 1 is 1.37 bits per heavy atom. The van der Waals surface area contributed by atoms with Gasteiger partial charge in [0.15, 0.2) is 10.6 Å². The van der Waals surface area contributed by atoms with Crippen molar-refractivity contribution in [2.24, 2.45) is 28.2 Å². The summed E-state index contributed by atoms with van der Waals surface area (Å²) in [5, 5.41) is 0. The van der Waals surface area contributed by atoms with E-state index in [1.807, 2.05) is 0 Å². The molecule has 2 atom stereocenters. The fourth-order valence-corrected chi connectivity index (χ4v) is 6.79. The number of hydrogen-bond acceptors (Lipinski definition) is 5. The zero-order valence-electron chi connectivity index (χ0n) is 16.8. The number of amides is 1. The van der Waals surface area contributed by atoms with E-state index in [0.29, 0.717) is 53.1 Å². The quantitative estimate of drug-likeness (QED) is 0.540. The molecule has 2 unspecified atom stereocenters. The number of methoxy groups -OCH3 is 1. The van der Waals surface area contributed by atoms with Crippen LogP contribution >= 0.6 is 11.3 Å². The molecule has 0 aromatic carbocycles. The van der Waals surface area contributed by atoms with Crippen molar-refractivity contribution in [2.75, 3.05) is 13.7 Å². The lowest BCUT2D eigenvalue weighted by Crippen LogP contribution is -2.56. The van der Waals surface area contributed by atoms with Crippen molar-refractivity contribution in [3.05, 3.63) is 35.3 Å². The van der Waals surface area contributed by atoms with Gasteiger partial charge in [-0.3, -0.25) is 9.59 Å². The molecule has 4 bridgehead atoms. The minimum absolute atomic E-state index is 0.0272. The number of thiazole rings is 1. The molecule has 158 valence electrons. The minimum atomic E-state index is -0.947. The highest BCUT2D eigenvalue weighted by molar-refractivity contribution is 7.12. The molecule has 4 saturated carbocycles. The number of ether oxygens (including phenoxy) is 1. The smallest absolute Gasteiger partial charge is 0.262 e. The molecule has 4 aliphatic carbocycles. The Kier molecular flexibility index (Phi) is 4.94. The Balaban J connectivity index is 1.55. The molecule has 2 aromatic rings. The average Bonchev–Trinajstić information content (AvgIpc) is 3.12. The molecule has 30 heavy (non-hydrogen) atoms. The van der Waals surface area contributed by atoms with Gasteiger partial charge in [0, 0.05) is 37.5 Å². The van der Waals surface area contributed by atoms with E-state index in [1.165, 1.54) is 17.5 Å². The summed E-state index contributed by atoms with van der Waals surface area (Å²) in [5.41, 5.74) is -0.578. The highest BCUT2D eigenvalue weighted by atomic mass is 32.1. The first-order valence-electron chi connectivity index (χ1n) is 10.4. The molecule has 0 aliphatic heterocycles. The molecule has 0 saturated heterocycles. The molecule has 0 spiro atoms. The van der Waals surface area contributed by atoms with Crippen LogP contribution in [0, 0.1) is 29.1 Å². The SMILES string of the molecule is COCCn1cc(-c2cccnc2F)s/c1=N\C(=O)C12CC3CC(CC(C3)C1=O)C2. The summed E-state index contributed by atoms with van der Waals surface area (Å²) in [6, 6.07) is 3.33. The van der Waals surface area contributed by atoms with E-state index in [0.717, 1.165) is 19.3 Å². The van der Waals surface area contributed by atoms with Crippen molar-refractivity contribution < 1.29 is 18.7 Å². The van der Waals surface area contributed by atoms with Crippen LogP contribution in [0.4, 0.5) is 4.39 Å². The molecule has 6 rings (SSSR count). The topological polar surface area (TPSA) is 73.5 Å². The Hall–Kier alpha value is -2.19. The molecule has 4 aliphatic rings. The molecule has 2 aromatic heterocycles. The zero-order valence-corrected chi connectivity index (χ0v) is 17.7. The molecular weight excluding hydrogens is 405 g/mol. The van der Waals surface area contributed by atoms with E-state index in [2.05, 4.69) is 9.98 Å². The van der Waals surface area contributed by atoms with E-state index in [-0.39, 0.29) is 17.6 Å². The van der Waals surface area contributed by atoms with Gasteiger partial charge in [-0.05, 0) is 56.1 Å². The molecule has 8 heteroatoms. The van der Waals surface area contributed by atoms with Gasteiger partial charge in [0.1, 0.15) is 5.41 Å². The maximum Gasteiger partial charge on any atom is 0.262 e. The van der Waals surface area contributed by atoms with Gasteiger partial charge in [-0.2, -0.15) is 9.38 Å². The maximum atomic E-state index is 14.2. The minimum Gasteiger partial charge on any atom is -0.383 e. The van der Waals surface area contributed by atoms with Crippen LogP contribution in [0.15, 0.2) is 29.5 Å². The molecule has 4 fully saturated rings. The number of ketones is 1. The molecule has 0 radical (unpaired) electrons. The van der Waals surface area contributed by atoms with Gasteiger partial charge in [-0.1, -0.05) is 11.3 Å². The number of Topliss-reactive ketones (excluding diaryl/α,β-unsaturated/α-hetero) is 1. The van der Waals surface area contributed by atoms with E-state index >= 15 is 0 Å². The van der Waals surface area contributed by atoms with Crippen molar-refractivity contribution in [3.63, 3.8) is 0 Å². The summed E-state index contributed by atoms with van der Waals surface area (Å²) < 4.78 is 21.2. The van der Waals surface area contributed by atoms with Gasteiger partial charge in [0.05, 0.1) is 11.5 Å². The van der Waals surface area contributed by atoms with Gasteiger partial charge >= 0.3 is 0 Å². The van der Waals surface area contributed by atoms with Crippen LogP contribution in [0.25, 0.3) is 10.4 Å². The predicted octanol–water partition coefficient (Wildman–Crippen LogP) is 3.22. The van der Waals surface area contributed by atoms with Crippen LogP contribution in [-0.4, -0.2) is 35.0 Å². The van der Waals surface area contributed by atoms with Crippen LogP contribution < -0.4 is 4.80 Å². The van der Waals surface area contributed by atoms with Crippen LogP contribution in [0.3, 0.4) is 0 Å². The van der Waals surface area contributed by atoms with E-state index in [4.69, 9.17) is 4.74 Å². The highest BCUT2D eigenvalue weighted by Gasteiger charge is 2.60. The second kappa shape index (κ2) is 7.50. The molecule has 0 N–H and O–H groups in total. The fourth-order valence-electron chi connectivity index (χ4n) is 5.76. The molecular formula is C22H24FN3O3S. The van der Waals surface area contributed by atoms with E-state index in [1.54, 1.807) is 30.0 Å². The van der Waals surface area contributed by atoms with Crippen molar-refractivity contribution in [1.82, 2.24) is 9.55 Å². The lowest BCUT2D eigenvalue weighted by Gasteiger charge is -2.53. The number of carbonyl (C=O) groups is 2. The summed E-state index contributed by atoms with van der Waals surface area (Å²) in [6.45, 7) is 0.916. The second-order valence-electron chi connectivity index (χ2n) is 8.81. The maximum absolute atomic E-state index is 14.2. The first-order valence-corrected chi connectivity index (χ1v) is 11.3. The average molecular weight is 430 g/mol. The monoisotopic (exact) mass is 429 g/mol. The van der Waals surface area contributed by atoms with Crippen LogP contribution in [0.2, 0.25) is 0 Å². The number of hydrogen-bond donors (Lipinski definition) is 0. The second-order valence-corrected chi connectivity index (χ2v) is 9.82. The Morgan fingerprint density at radius 2 is 2.13 bits per heavy atom. The van der Waals surface area contributed by atoms with Crippen molar-refractivity contribution in [1.29, 1.82) is 0 Å². The number of aromatic nitrogens is 2. The van der Waals surface area contributed by atoms with Crippen LogP contribution in [-0.2, 0) is 20.9 Å². The largest absolute Gasteiger partial charge is 0.383 e. The van der Waals surface area contributed by atoms with Crippen LogP contribution in [0.1, 0.15) is 32.1 Å².